The Bertz CT molecular complexity index is 400. The van der Waals surface area contributed by atoms with Crippen LogP contribution in [-0.2, 0) is 6.54 Å². The normalized spacial score (nSPS) is 10.1. The molecule has 2 heterocycles. The van der Waals surface area contributed by atoms with Gasteiger partial charge in [0.05, 0.1) is 16.9 Å². The van der Waals surface area contributed by atoms with Gasteiger partial charge in [-0.2, -0.15) is 0 Å². The van der Waals surface area contributed by atoms with Crippen molar-refractivity contribution in [1.82, 2.24) is 4.98 Å². The van der Waals surface area contributed by atoms with Gasteiger partial charge in [-0.3, -0.25) is 4.98 Å². The molecule has 0 radical (unpaired) electrons. The van der Waals surface area contributed by atoms with E-state index in [1.165, 1.54) is 4.88 Å². The lowest BCUT2D eigenvalue weighted by atomic mass is 10.4. The second-order valence-electron chi connectivity index (χ2n) is 2.79. The van der Waals surface area contributed by atoms with Crippen molar-refractivity contribution < 1.29 is 0 Å². The third-order valence-corrected chi connectivity index (χ3v) is 3.01. The van der Waals surface area contributed by atoms with E-state index in [2.05, 4.69) is 21.7 Å². The largest absolute Gasteiger partial charge is 0.378 e. The van der Waals surface area contributed by atoms with Crippen molar-refractivity contribution >= 4 is 28.6 Å². The number of hydrogen-bond donors (Lipinski definition) is 1. The fraction of sp³-hybridized carbons (Fsp3) is 0.100. The monoisotopic (exact) mass is 224 g/mol. The van der Waals surface area contributed by atoms with E-state index in [1.807, 2.05) is 6.07 Å². The van der Waals surface area contributed by atoms with Gasteiger partial charge in [-0.05, 0) is 17.5 Å². The van der Waals surface area contributed by atoms with Gasteiger partial charge in [0.2, 0.25) is 0 Å². The molecule has 0 bridgehead atoms. The highest BCUT2D eigenvalue weighted by atomic mass is 35.5. The molecule has 2 rings (SSSR count). The molecule has 0 spiro atoms. The highest BCUT2D eigenvalue weighted by molar-refractivity contribution is 7.09. The smallest absolute Gasteiger partial charge is 0.0718 e. The molecule has 0 amide bonds. The lowest BCUT2D eigenvalue weighted by Crippen LogP contribution is -1.98. The van der Waals surface area contributed by atoms with Crippen LogP contribution in [-0.4, -0.2) is 4.98 Å². The minimum Gasteiger partial charge on any atom is -0.378 e. The van der Waals surface area contributed by atoms with Crippen molar-refractivity contribution in [3.05, 3.63) is 45.9 Å². The fourth-order valence-corrected chi connectivity index (χ4v) is 1.92. The Kier molecular flexibility index (Phi) is 3.01. The molecule has 0 fully saturated rings. The van der Waals surface area contributed by atoms with Crippen LogP contribution in [0.5, 0.6) is 0 Å². The highest BCUT2D eigenvalue weighted by Crippen LogP contribution is 2.20. The van der Waals surface area contributed by atoms with Gasteiger partial charge in [-0.15, -0.1) is 11.3 Å². The summed E-state index contributed by atoms with van der Waals surface area (Å²) in [6.07, 6.45) is 3.41. The summed E-state index contributed by atoms with van der Waals surface area (Å²) in [6.45, 7) is 0.795. The van der Waals surface area contributed by atoms with Crippen LogP contribution >= 0.6 is 22.9 Å². The van der Waals surface area contributed by atoms with Gasteiger partial charge in [0.1, 0.15) is 0 Å². The number of halogens is 1. The number of hydrogen-bond acceptors (Lipinski definition) is 3. The number of aromatic nitrogens is 1. The average Bonchev–Trinajstić information content (AvgIpc) is 2.69. The zero-order valence-corrected chi connectivity index (χ0v) is 8.98. The van der Waals surface area contributed by atoms with E-state index in [9.17, 15) is 0 Å². The van der Waals surface area contributed by atoms with Crippen LogP contribution in [0.1, 0.15) is 4.88 Å². The van der Waals surface area contributed by atoms with Crippen LogP contribution < -0.4 is 5.32 Å². The number of thiophene rings is 1. The molecule has 2 aromatic rings. The summed E-state index contributed by atoms with van der Waals surface area (Å²) in [5.74, 6) is 0. The van der Waals surface area contributed by atoms with Crippen LogP contribution in [0.3, 0.4) is 0 Å². The second kappa shape index (κ2) is 4.44. The Morgan fingerprint density at radius 1 is 1.43 bits per heavy atom. The van der Waals surface area contributed by atoms with Gasteiger partial charge in [-0.25, -0.2) is 0 Å². The summed E-state index contributed by atoms with van der Waals surface area (Å²) in [5, 5.41) is 5.99. The molecule has 2 aromatic heterocycles. The Morgan fingerprint density at radius 3 is 3.07 bits per heavy atom. The summed E-state index contributed by atoms with van der Waals surface area (Å²) in [6, 6.07) is 5.90. The lowest BCUT2D eigenvalue weighted by Gasteiger charge is -2.05. The zero-order chi connectivity index (χ0) is 9.80. The first-order chi connectivity index (χ1) is 6.86. The van der Waals surface area contributed by atoms with Crippen molar-refractivity contribution in [2.45, 2.75) is 6.54 Å². The van der Waals surface area contributed by atoms with Crippen molar-refractivity contribution in [3.8, 4) is 0 Å². The highest BCUT2D eigenvalue weighted by Gasteiger charge is 1.98. The van der Waals surface area contributed by atoms with Crippen molar-refractivity contribution in [3.63, 3.8) is 0 Å². The predicted octanol–water partition coefficient (Wildman–Crippen LogP) is 3.41. The van der Waals surface area contributed by atoms with E-state index >= 15 is 0 Å². The number of anilines is 1. The number of rotatable bonds is 3. The maximum atomic E-state index is 5.97. The van der Waals surface area contributed by atoms with E-state index in [0.717, 1.165) is 12.2 Å². The summed E-state index contributed by atoms with van der Waals surface area (Å²) < 4.78 is 0. The molecular weight excluding hydrogens is 216 g/mol. The lowest BCUT2D eigenvalue weighted by molar-refractivity contribution is 1.17. The molecule has 0 aliphatic rings. The minimum atomic E-state index is 0.705. The maximum Gasteiger partial charge on any atom is 0.0718 e. The second-order valence-corrected chi connectivity index (χ2v) is 4.23. The molecule has 14 heavy (non-hydrogen) atoms. The molecule has 72 valence electrons. The Hall–Kier alpha value is -1.06. The minimum absolute atomic E-state index is 0.705. The van der Waals surface area contributed by atoms with E-state index in [0.29, 0.717) is 5.02 Å². The summed E-state index contributed by atoms with van der Waals surface area (Å²) in [4.78, 5) is 5.28. The quantitative estimate of drug-likeness (QED) is 0.865. The topological polar surface area (TPSA) is 24.9 Å². The van der Waals surface area contributed by atoms with Crippen molar-refractivity contribution in [2.75, 3.05) is 5.32 Å². The van der Waals surface area contributed by atoms with E-state index in [-0.39, 0.29) is 0 Å². The molecule has 1 N–H and O–H groups in total. The molecule has 4 heteroatoms. The average molecular weight is 225 g/mol. The molecule has 0 aliphatic carbocycles. The number of nitrogens with zero attached hydrogens (tertiary/aromatic N) is 1. The molecule has 0 saturated heterocycles. The van der Waals surface area contributed by atoms with Crippen LogP contribution in [0.2, 0.25) is 5.02 Å². The van der Waals surface area contributed by atoms with E-state index < -0.39 is 0 Å². The molecule has 0 unspecified atom stereocenters. The number of pyridine rings is 1. The Balaban J connectivity index is 2.02. The van der Waals surface area contributed by atoms with Crippen LogP contribution in [0, 0.1) is 0 Å². The van der Waals surface area contributed by atoms with Crippen LogP contribution in [0.25, 0.3) is 0 Å². The standard InChI is InChI=1S/C10H9ClN2S/c11-9-3-4-12-7-10(9)13-6-8-2-1-5-14-8/h1-5,7,13H,6H2. The summed E-state index contributed by atoms with van der Waals surface area (Å²) in [5.41, 5.74) is 0.877. The van der Waals surface area contributed by atoms with Gasteiger partial charge in [-0.1, -0.05) is 17.7 Å². The first kappa shape index (κ1) is 9.49. The van der Waals surface area contributed by atoms with Gasteiger partial charge >= 0.3 is 0 Å². The van der Waals surface area contributed by atoms with E-state index in [1.54, 1.807) is 29.8 Å². The van der Waals surface area contributed by atoms with Crippen molar-refractivity contribution in [1.29, 1.82) is 0 Å². The first-order valence-corrected chi connectivity index (χ1v) is 5.48. The van der Waals surface area contributed by atoms with Crippen LogP contribution in [0.15, 0.2) is 36.0 Å². The van der Waals surface area contributed by atoms with Gasteiger partial charge in [0.25, 0.3) is 0 Å². The summed E-state index contributed by atoms with van der Waals surface area (Å²) >= 11 is 7.69. The Labute approximate surface area is 91.6 Å². The molecular formula is C10H9ClN2S. The van der Waals surface area contributed by atoms with Gasteiger partial charge < -0.3 is 5.32 Å². The van der Waals surface area contributed by atoms with E-state index in [4.69, 9.17) is 11.6 Å². The maximum absolute atomic E-state index is 5.97. The molecule has 0 saturated carbocycles. The predicted molar refractivity (Wildman–Crippen MR) is 60.9 cm³/mol. The number of nitrogens with one attached hydrogen (secondary N) is 1. The molecule has 0 atom stereocenters. The zero-order valence-electron chi connectivity index (χ0n) is 7.40. The molecule has 0 aliphatic heterocycles. The molecule has 2 nitrogen and oxygen atoms in total. The SMILES string of the molecule is Clc1ccncc1NCc1cccs1. The van der Waals surface area contributed by atoms with Crippen LogP contribution in [0.4, 0.5) is 5.69 Å². The fourth-order valence-electron chi connectivity index (χ4n) is 1.10. The third kappa shape index (κ3) is 2.25. The van der Waals surface area contributed by atoms with Gasteiger partial charge in [0, 0.05) is 17.6 Å². The van der Waals surface area contributed by atoms with Crippen molar-refractivity contribution in [2.24, 2.45) is 0 Å². The first-order valence-electron chi connectivity index (χ1n) is 4.22. The van der Waals surface area contributed by atoms with Gasteiger partial charge in [0.15, 0.2) is 0 Å². The Morgan fingerprint density at radius 2 is 2.36 bits per heavy atom. The molecule has 0 aromatic carbocycles. The summed E-state index contributed by atoms with van der Waals surface area (Å²) in [7, 11) is 0. The third-order valence-electron chi connectivity index (χ3n) is 1.80.